The molecule has 0 atom stereocenters. The third-order valence-electron chi connectivity index (χ3n) is 4.05. The number of hydrogen-bond donors (Lipinski definition) is 1. The lowest BCUT2D eigenvalue weighted by Crippen LogP contribution is -2.20. The Morgan fingerprint density at radius 3 is 2.64 bits per heavy atom. The van der Waals surface area contributed by atoms with Crippen LogP contribution in [0, 0.1) is 0 Å². The van der Waals surface area contributed by atoms with Crippen LogP contribution in [0.15, 0.2) is 53.0 Å². The van der Waals surface area contributed by atoms with Crippen LogP contribution in [0.1, 0.15) is 23.1 Å². The minimum atomic E-state index is -4.44. The van der Waals surface area contributed by atoms with Crippen molar-refractivity contribution in [3.63, 3.8) is 0 Å². The van der Waals surface area contributed by atoms with Gasteiger partial charge in [-0.05, 0) is 53.9 Å². The fourth-order valence-corrected chi connectivity index (χ4v) is 3.25. The Hall–Kier alpha value is -1.79. The first kappa shape index (κ1) is 18.0. The summed E-state index contributed by atoms with van der Waals surface area (Å²) in [6.07, 6.45) is -1.44. The number of halogens is 4. The van der Waals surface area contributed by atoms with Crippen LogP contribution in [0.25, 0.3) is 5.57 Å². The number of ether oxygens (including phenoxy) is 1. The summed E-state index contributed by atoms with van der Waals surface area (Å²) in [6.45, 7) is 1.76. The predicted octanol–water partition coefficient (Wildman–Crippen LogP) is 5.42. The molecule has 0 unspecified atom stereocenters. The second kappa shape index (κ2) is 7.62. The molecule has 2 aromatic rings. The smallest absolute Gasteiger partial charge is 0.419 e. The largest absolute Gasteiger partial charge is 0.488 e. The van der Waals surface area contributed by atoms with Crippen molar-refractivity contribution in [1.29, 1.82) is 0 Å². The standard InChI is InChI=1S/C19H17BrF3NO/c20-15-5-6-16(13-7-9-24-10-8-13)14(11-15)12-25-18-4-2-1-3-17(18)19(21,22)23/h1-7,11,24H,8-10,12H2. The molecule has 1 aliphatic rings. The molecule has 0 amide bonds. The van der Waals surface area contributed by atoms with E-state index in [0.29, 0.717) is 0 Å². The quantitative estimate of drug-likeness (QED) is 0.724. The molecule has 0 aromatic heterocycles. The minimum absolute atomic E-state index is 0.0760. The highest BCUT2D eigenvalue weighted by molar-refractivity contribution is 9.10. The van der Waals surface area contributed by atoms with Gasteiger partial charge in [0.15, 0.2) is 0 Å². The minimum Gasteiger partial charge on any atom is -0.488 e. The topological polar surface area (TPSA) is 21.3 Å². The zero-order chi connectivity index (χ0) is 17.9. The molecule has 0 spiro atoms. The molecule has 0 aliphatic carbocycles. The third-order valence-corrected chi connectivity index (χ3v) is 4.55. The zero-order valence-corrected chi connectivity index (χ0v) is 15.0. The van der Waals surface area contributed by atoms with Crippen molar-refractivity contribution in [2.45, 2.75) is 19.2 Å². The first-order valence-electron chi connectivity index (χ1n) is 7.93. The number of benzene rings is 2. The lowest BCUT2D eigenvalue weighted by molar-refractivity contribution is -0.139. The first-order valence-corrected chi connectivity index (χ1v) is 8.72. The van der Waals surface area contributed by atoms with Gasteiger partial charge in [0.05, 0.1) is 5.56 Å². The second-order valence-corrected chi connectivity index (χ2v) is 6.68. The average molecular weight is 412 g/mol. The molecule has 1 heterocycles. The Balaban J connectivity index is 1.87. The van der Waals surface area contributed by atoms with Gasteiger partial charge in [0.25, 0.3) is 0 Å². The van der Waals surface area contributed by atoms with Crippen LogP contribution in [-0.2, 0) is 12.8 Å². The Bertz CT molecular complexity index is 786. The summed E-state index contributed by atoms with van der Waals surface area (Å²) in [4.78, 5) is 0. The molecular weight excluding hydrogens is 395 g/mol. The fraction of sp³-hybridized carbons (Fsp3) is 0.263. The molecule has 3 rings (SSSR count). The van der Waals surface area contributed by atoms with Gasteiger partial charge in [0, 0.05) is 11.0 Å². The number of rotatable bonds is 4. The molecule has 6 heteroatoms. The summed E-state index contributed by atoms with van der Waals surface area (Å²) in [6, 6.07) is 11.1. The molecule has 0 fully saturated rings. The normalized spacial score (nSPS) is 15.0. The summed E-state index contributed by atoms with van der Waals surface area (Å²) in [7, 11) is 0. The maximum absolute atomic E-state index is 13.1. The van der Waals surface area contributed by atoms with Crippen molar-refractivity contribution in [2.75, 3.05) is 13.1 Å². The average Bonchev–Trinajstić information content (AvgIpc) is 2.60. The molecule has 2 nitrogen and oxygen atoms in total. The molecule has 0 saturated carbocycles. The van der Waals surface area contributed by atoms with Gasteiger partial charge >= 0.3 is 6.18 Å². The number of hydrogen-bond acceptors (Lipinski definition) is 2. The predicted molar refractivity (Wildman–Crippen MR) is 95.4 cm³/mol. The third kappa shape index (κ3) is 4.44. The van der Waals surface area contributed by atoms with Gasteiger partial charge in [-0.3, -0.25) is 0 Å². The molecule has 0 saturated heterocycles. The summed E-state index contributed by atoms with van der Waals surface area (Å²) in [5, 5.41) is 3.26. The van der Waals surface area contributed by atoms with E-state index in [1.54, 1.807) is 6.07 Å². The van der Waals surface area contributed by atoms with Gasteiger partial charge in [-0.2, -0.15) is 13.2 Å². The van der Waals surface area contributed by atoms with Gasteiger partial charge in [0.1, 0.15) is 12.4 Å². The summed E-state index contributed by atoms with van der Waals surface area (Å²) in [5.74, 6) is -0.153. The zero-order valence-electron chi connectivity index (χ0n) is 13.4. The lowest BCUT2D eigenvalue weighted by Gasteiger charge is -2.19. The highest BCUT2D eigenvalue weighted by Gasteiger charge is 2.34. The lowest BCUT2D eigenvalue weighted by atomic mass is 9.96. The van der Waals surface area contributed by atoms with E-state index in [1.165, 1.54) is 17.7 Å². The number of alkyl halides is 3. The Kier molecular flexibility index (Phi) is 5.49. The molecule has 1 aliphatic heterocycles. The van der Waals surface area contributed by atoms with Gasteiger partial charge in [-0.25, -0.2) is 0 Å². The molecule has 25 heavy (non-hydrogen) atoms. The van der Waals surface area contributed by atoms with Gasteiger partial charge in [-0.1, -0.05) is 40.2 Å². The summed E-state index contributed by atoms with van der Waals surface area (Å²) in [5.41, 5.74) is 2.32. The van der Waals surface area contributed by atoms with Crippen LogP contribution in [0.4, 0.5) is 13.2 Å². The van der Waals surface area contributed by atoms with Gasteiger partial charge in [0.2, 0.25) is 0 Å². The Morgan fingerprint density at radius 2 is 1.92 bits per heavy atom. The van der Waals surface area contributed by atoms with Crippen molar-refractivity contribution in [1.82, 2.24) is 5.32 Å². The maximum atomic E-state index is 13.1. The number of nitrogens with one attached hydrogen (secondary N) is 1. The van der Waals surface area contributed by atoms with Crippen molar-refractivity contribution >= 4 is 21.5 Å². The Labute approximate surface area is 152 Å². The van der Waals surface area contributed by atoms with E-state index in [4.69, 9.17) is 4.74 Å². The van der Waals surface area contributed by atoms with Crippen molar-refractivity contribution < 1.29 is 17.9 Å². The molecule has 132 valence electrons. The van der Waals surface area contributed by atoms with Crippen LogP contribution in [0.2, 0.25) is 0 Å². The van der Waals surface area contributed by atoms with Crippen molar-refractivity contribution in [2.24, 2.45) is 0 Å². The molecule has 2 aromatic carbocycles. The van der Waals surface area contributed by atoms with Crippen LogP contribution >= 0.6 is 15.9 Å². The van der Waals surface area contributed by atoms with E-state index in [1.807, 2.05) is 18.2 Å². The monoisotopic (exact) mass is 411 g/mol. The molecule has 0 radical (unpaired) electrons. The van der Waals surface area contributed by atoms with Gasteiger partial charge < -0.3 is 10.1 Å². The summed E-state index contributed by atoms with van der Waals surface area (Å²) >= 11 is 3.43. The van der Waals surface area contributed by atoms with Crippen molar-refractivity contribution in [3.05, 3.63) is 69.7 Å². The van der Waals surface area contributed by atoms with E-state index in [2.05, 4.69) is 27.3 Å². The number of para-hydroxylation sites is 1. The summed E-state index contributed by atoms with van der Waals surface area (Å²) < 4.78 is 45.7. The van der Waals surface area contributed by atoms with E-state index in [-0.39, 0.29) is 12.4 Å². The van der Waals surface area contributed by atoms with E-state index < -0.39 is 11.7 Å². The van der Waals surface area contributed by atoms with Gasteiger partial charge in [-0.15, -0.1) is 0 Å². The van der Waals surface area contributed by atoms with Crippen LogP contribution in [0.5, 0.6) is 5.75 Å². The highest BCUT2D eigenvalue weighted by atomic mass is 79.9. The fourth-order valence-electron chi connectivity index (χ4n) is 2.84. The molecule has 0 bridgehead atoms. The van der Waals surface area contributed by atoms with E-state index in [9.17, 15) is 13.2 Å². The Morgan fingerprint density at radius 1 is 1.12 bits per heavy atom. The van der Waals surface area contributed by atoms with Crippen molar-refractivity contribution in [3.8, 4) is 5.75 Å². The van der Waals surface area contributed by atoms with Crippen LogP contribution < -0.4 is 10.1 Å². The first-order chi connectivity index (χ1) is 11.9. The maximum Gasteiger partial charge on any atom is 0.419 e. The van der Waals surface area contributed by atoms with E-state index in [0.717, 1.165) is 41.2 Å². The molecule has 1 N–H and O–H groups in total. The second-order valence-electron chi connectivity index (χ2n) is 5.77. The SMILES string of the molecule is FC(F)(F)c1ccccc1OCc1cc(Br)ccc1C1=CCNCC1. The molecular formula is C19H17BrF3NO. The van der Waals surface area contributed by atoms with Crippen LogP contribution in [0.3, 0.4) is 0 Å². The van der Waals surface area contributed by atoms with E-state index >= 15 is 0 Å². The van der Waals surface area contributed by atoms with Crippen LogP contribution in [-0.4, -0.2) is 13.1 Å². The highest BCUT2D eigenvalue weighted by Crippen LogP contribution is 2.36.